The molecule has 19 heavy (non-hydrogen) atoms. The Balaban J connectivity index is 1.98. The van der Waals surface area contributed by atoms with Gasteiger partial charge in [-0.05, 0) is 53.9 Å². The zero-order valence-corrected chi connectivity index (χ0v) is 12.8. The average Bonchev–Trinajstić information content (AvgIpc) is 2.40. The van der Waals surface area contributed by atoms with E-state index in [1.54, 1.807) is 0 Å². The van der Waals surface area contributed by atoms with Crippen molar-refractivity contribution >= 4 is 15.9 Å². The van der Waals surface area contributed by atoms with Gasteiger partial charge in [0.05, 0.1) is 4.47 Å². The van der Waals surface area contributed by atoms with Gasteiger partial charge in [0, 0.05) is 18.7 Å². The summed E-state index contributed by atoms with van der Waals surface area (Å²) in [6, 6.07) is 2.73. The molecule has 0 unspecified atom stereocenters. The maximum absolute atomic E-state index is 13.9. The van der Waals surface area contributed by atoms with Crippen molar-refractivity contribution < 1.29 is 8.78 Å². The molecule has 0 bridgehead atoms. The normalized spacial score (nSPS) is 17.1. The largest absolute Gasteiger partial charge is 0.302 e. The highest BCUT2D eigenvalue weighted by Gasteiger charge is 2.18. The van der Waals surface area contributed by atoms with Crippen LogP contribution in [0.15, 0.2) is 16.6 Å². The summed E-state index contributed by atoms with van der Waals surface area (Å²) < 4.78 is 27.9. The summed E-state index contributed by atoms with van der Waals surface area (Å²) >= 11 is 3.11. The molecule has 0 aliphatic heterocycles. The van der Waals surface area contributed by atoms with Gasteiger partial charge in [0.1, 0.15) is 11.6 Å². The number of benzene rings is 1. The molecule has 0 radical (unpaired) electrons. The molecule has 0 heterocycles. The minimum Gasteiger partial charge on any atom is -0.302 e. The first kappa shape index (κ1) is 14.9. The van der Waals surface area contributed by atoms with Crippen LogP contribution in [0.5, 0.6) is 0 Å². The van der Waals surface area contributed by atoms with Gasteiger partial charge in [-0.1, -0.05) is 19.3 Å². The van der Waals surface area contributed by atoms with Crippen LogP contribution in [0.1, 0.15) is 37.7 Å². The van der Waals surface area contributed by atoms with Gasteiger partial charge >= 0.3 is 0 Å². The number of halogens is 3. The lowest BCUT2D eigenvalue weighted by atomic mass is 9.89. The van der Waals surface area contributed by atoms with Crippen LogP contribution in [0.2, 0.25) is 0 Å². The highest BCUT2D eigenvalue weighted by atomic mass is 79.9. The lowest BCUT2D eigenvalue weighted by Crippen LogP contribution is -2.27. The molecule has 4 heteroatoms. The summed E-state index contributed by atoms with van der Waals surface area (Å²) in [7, 11) is 1.94. The third kappa shape index (κ3) is 3.99. The van der Waals surface area contributed by atoms with E-state index in [0.717, 1.165) is 6.54 Å². The first-order valence-corrected chi connectivity index (χ1v) is 7.68. The smallest absolute Gasteiger partial charge is 0.144 e. The summed E-state index contributed by atoms with van der Waals surface area (Å²) in [4.78, 5) is 2.03. The fraction of sp³-hybridized carbons (Fsp3) is 0.600. The van der Waals surface area contributed by atoms with Crippen LogP contribution in [0.3, 0.4) is 0 Å². The Labute approximate surface area is 122 Å². The molecular formula is C15H20BrF2N. The third-order valence-electron chi connectivity index (χ3n) is 3.86. The molecule has 0 atom stereocenters. The third-order valence-corrected chi connectivity index (χ3v) is 4.47. The highest BCUT2D eigenvalue weighted by molar-refractivity contribution is 9.10. The Bertz CT molecular complexity index is 430. The monoisotopic (exact) mass is 331 g/mol. The molecule has 0 aromatic heterocycles. The van der Waals surface area contributed by atoms with Crippen molar-refractivity contribution in [1.82, 2.24) is 4.90 Å². The maximum Gasteiger partial charge on any atom is 0.144 e. The van der Waals surface area contributed by atoms with Crippen LogP contribution in [0, 0.1) is 17.6 Å². The van der Waals surface area contributed by atoms with Crippen molar-refractivity contribution in [2.75, 3.05) is 13.6 Å². The second-order valence-electron chi connectivity index (χ2n) is 5.52. The molecule has 1 fully saturated rings. The lowest BCUT2D eigenvalue weighted by Gasteiger charge is -2.27. The molecule has 1 nitrogen and oxygen atoms in total. The van der Waals surface area contributed by atoms with Crippen molar-refractivity contribution in [3.05, 3.63) is 33.8 Å². The number of rotatable bonds is 4. The minimum atomic E-state index is -0.476. The van der Waals surface area contributed by atoms with Gasteiger partial charge in [-0.15, -0.1) is 0 Å². The number of nitrogens with zero attached hydrogens (tertiary/aromatic N) is 1. The number of hydrogen-bond donors (Lipinski definition) is 0. The van der Waals surface area contributed by atoms with Crippen LogP contribution in [0.25, 0.3) is 0 Å². The molecule has 1 saturated carbocycles. The maximum atomic E-state index is 13.9. The first-order valence-electron chi connectivity index (χ1n) is 6.89. The van der Waals surface area contributed by atoms with Crippen LogP contribution >= 0.6 is 15.9 Å². The van der Waals surface area contributed by atoms with Crippen molar-refractivity contribution in [1.29, 1.82) is 0 Å². The Kier molecular flexibility index (Phi) is 5.34. The molecule has 2 rings (SSSR count). The van der Waals surface area contributed by atoms with Gasteiger partial charge in [0.2, 0.25) is 0 Å². The van der Waals surface area contributed by atoms with E-state index in [9.17, 15) is 8.78 Å². The number of hydrogen-bond acceptors (Lipinski definition) is 1. The molecule has 1 aliphatic rings. The summed E-state index contributed by atoms with van der Waals surface area (Å²) in [5, 5.41) is 0. The van der Waals surface area contributed by atoms with Gasteiger partial charge in [0.25, 0.3) is 0 Å². The van der Waals surface area contributed by atoms with Crippen LogP contribution in [-0.4, -0.2) is 18.5 Å². The van der Waals surface area contributed by atoms with Gasteiger partial charge in [0.15, 0.2) is 0 Å². The van der Waals surface area contributed by atoms with Crippen LogP contribution in [0.4, 0.5) is 8.78 Å². The van der Waals surface area contributed by atoms with Gasteiger partial charge in [-0.25, -0.2) is 8.78 Å². The lowest BCUT2D eigenvalue weighted by molar-refractivity contribution is 0.224. The van der Waals surface area contributed by atoms with Crippen molar-refractivity contribution in [3.63, 3.8) is 0 Å². The first-order chi connectivity index (χ1) is 9.08. The zero-order valence-electron chi connectivity index (χ0n) is 11.3. The van der Waals surface area contributed by atoms with Gasteiger partial charge in [-0.2, -0.15) is 0 Å². The molecule has 0 spiro atoms. The van der Waals surface area contributed by atoms with E-state index in [1.807, 2.05) is 11.9 Å². The molecule has 1 aliphatic carbocycles. The second kappa shape index (κ2) is 6.80. The zero-order chi connectivity index (χ0) is 13.8. The predicted octanol–water partition coefficient (Wildman–Crippen LogP) is 4.74. The summed E-state index contributed by atoms with van der Waals surface area (Å²) in [5.41, 5.74) is 0.160. The van der Waals surface area contributed by atoms with Crippen LogP contribution < -0.4 is 0 Å². The Morgan fingerprint density at radius 3 is 2.58 bits per heavy atom. The molecule has 0 N–H and O–H groups in total. The van der Waals surface area contributed by atoms with E-state index in [0.29, 0.717) is 16.9 Å². The van der Waals surface area contributed by atoms with Gasteiger partial charge < -0.3 is 4.90 Å². The summed E-state index contributed by atoms with van der Waals surface area (Å²) in [6.07, 6.45) is 6.40. The van der Waals surface area contributed by atoms with E-state index in [-0.39, 0.29) is 5.56 Å². The fourth-order valence-electron chi connectivity index (χ4n) is 2.86. The highest BCUT2D eigenvalue weighted by Crippen LogP contribution is 2.26. The SMILES string of the molecule is CN(Cc1c(F)ccc(Br)c1F)CC1CCCCC1. The minimum absolute atomic E-state index is 0.160. The Morgan fingerprint density at radius 1 is 1.21 bits per heavy atom. The van der Waals surface area contributed by atoms with E-state index < -0.39 is 11.6 Å². The second-order valence-corrected chi connectivity index (χ2v) is 6.38. The molecule has 1 aromatic rings. The van der Waals surface area contributed by atoms with E-state index in [1.165, 1.54) is 44.2 Å². The van der Waals surface area contributed by atoms with E-state index in [2.05, 4.69) is 15.9 Å². The molecule has 106 valence electrons. The average molecular weight is 332 g/mol. The molecular weight excluding hydrogens is 312 g/mol. The van der Waals surface area contributed by atoms with E-state index in [4.69, 9.17) is 0 Å². The molecule has 0 amide bonds. The molecule has 1 aromatic carbocycles. The van der Waals surface area contributed by atoms with Gasteiger partial charge in [-0.3, -0.25) is 0 Å². The fourth-order valence-corrected chi connectivity index (χ4v) is 3.23. The predicted molar refractivity (Wildman–Crippen MR) is 77.0 cm³/mol. The quantitative estimate of drug-likeness (QED) is 0.720. The van der Waals surface area contributed by atoms with Crippen molar-refractivity contribution in [2.24, 2.45) is 5.92 Å². The Hall–Kier alpha value is -0.480. The van der Waals surface area contributed by atoms with Crippen LogP contribution in [-0.2, 0) is 6.54 Å². The Morgan fingerprint density at radius 2 is 1.89 bits per heavy atom. The topological polar surface area (TPSA) is 3.24 Å². The van der Waals surface area contributed by atoms with Crippen molar-refractivity contribution in [2.45, 2.75) is 38.6 Å². The molecule has 0 saturated heterocycles. The standard InChI is InChI=1S/C15H20BrF2N/c1-19(9-11-5-3-2-4-6-11)10-12-14(17)8-7-13(16)15(12)18/h7-8,11H,2-6,9-10H2,1H3. The van der Waals surface area contributed by atoms with E-state index >= 15 is 0 Å². The van der Waals surface area contributed by atoms with Crippen molar-refractivity contribution in [3.8, 4) is 0 Å². The summed E-state index contributed by atoms with van der Waals surface area (Å²) in [6.45, 7) is 1.25. The summed E-state index contributed by atoms with van der Waals surface area (Å²) in [5.74, 6) is -0.260.